The van der Waals surface area contributed by atoms with Crippen molar-refractivity contribution in [3.63, 3.8) is 0 Å². The molecule has 1 aromatic carbocycles. The van der Waals surface area contributed by atoms with Crippen LogP contribution >= 0.6 is 11.6 Å². The minimum Gasteiger partial charge on any atom is -0.481 e. The summed E-state index contributed by atoms with van der Waals surface area (Å²) in [5.74, 6) is -0.133. The molecule has 2 unspecified atom stereocenters. The summed E-state index contributed by atoms with van der Waals surface area (Å²) in [4.78, 5) is 17.9. The monoisotopic (exact) mass is 334 g/mol. The van der Waals surface area contributed by atoms with Gasteiger partial charge >= 0.3 is 5.97 Å². The first kappa shape index (κ1) is 16.0. The predicted octanol–water partition coefficient (Wildman–Crippen LogP) is 3.54. The van der Waals surface area contributed by atoms with Gasteiger partial charge in [0.25, 0.3) is 0 Å². The van der Waals surface area contributed by atoms with E-state index < -0.39 is 5.97 Å². The van der Waals surface area contributed by atoms with Crippen LogP contribution in [0.4, 0.5) is 0 Å². The van der Waals surface area contributed by atoms with Crippen LogP contribution in [0.15, 0.2) is 34.9 Å². The molecule has 1 aliphatic heterocycles. The van der Waals surface area contributed by atoms with Crippen molar-refractivity contribution >= 4 is 17.6 Å². The van der Waals surface area contributed by atoms with E-state index in [1.54, 1.807) is 18.4 Å². The van der Waals surface area contributed by atoms with E-state index in [0.29, 0.717) is 29.9 Å². The Morgan fingerprint density at radius 1 is 1.48 bits per heavy atom. The molecule has 0 aliphatic carbocycles. The topological polar surface area (TPSA) is 66.6 Å². The van der Waals surface area contributed by atoms with Crippen molar-refractivity contribution in [1.29, 1.82) is 0 Å². The number of rotatable bonds is 4. The summed E-state index contributed by atoms with van der Waals surface area (Å²) < 4.78 is 5.54. The summed E-state index contributed by atoms with van der Waals surface area (Å²) >= 11 is 5.99. The highest BCUT2D eigenvalue weighted by Crippen LogP contribution is 2.25. The second kappa shape index (κ2) is 6.72. The van der Waals surface area contributed by atoms with Crippen LogP contribution in [-0.4, -0.2) is 34.0 Å². The van der Waals surface area contributed by atoms with E-state index in [-0.39, 0.29) is 5.92 Å². The number of carboxylic acids is 1. The van der Waals surface area contributed by atoms with Crippen LogP contribution < -0.4 is 0 Å². The number of aromatic nitrogens is 1. The van der Waals surface area contributed by atoms with Crippen molar-refractivity contribution in [3.8, 4) is 11.5 Å². The fourth-order valence-corrected chi connectivity index (χ4v) is 3.32. The Kier molecular flexibility index (Phi) is 4.68. The molecule has 0 saturated carbocycles. The maximum Gasteiger partial charge on any atom is 0.307 e. The van der Waals surface area contributed by atoms with Gasteiger partial charge in [-0.05, 0) is 30.5 Å². The van der Waals surface area contributed by atoms with Gasteiger partial charge in [-0.1, -0.05) is 24.6 Å². The maximum atomic E-state index is 11.2. The lowest BCUT2D eigenvalue weighted by Gasteiger charge is -2.34. The van der Waals surface area contributed by atoms with Crippen molar-refractivity contribution in [2.24, 2.45) is 11.8 Å². The molecule has 23 heavy (non-hydrogen) atoms. The molecule has 2 heterocycles. The van der Waals surface area contributed by atoms with Crippen molar-refractivity contribution in [2.75, 3.05) is 13.1 Å². The van der Waals surface area contributed by atoms with E-state index in [4.69, 9.17) is 16.0 Å². The van der Waals surface area contributed by atoms with Crippen LogP contribution in [0.3, 0.4) is 0 Å². The fraction of sp³-hybridized carbons (Fsp3) is 0.412. The summed E-state index contributed by atoms with van der Waals surface area (Å²) in [7, 11) is 0. The normalized spacial score (nSPS) is 22.2. The Hall–Kier alpha value is -1.85. The Morgan fingerprint density at radius 2 is 2.30 bits per heavy atom. The third-order valence-corrected chi connectivity index (χ3v) is 4.33. The molecule has 0 radical (unpaired) electrons. The number of carbonyl (C=O) groups is 1. The number of halogens is 1. The fourth-order valence-electron chi connectivity index (χ4n) is 3.13. The van der Waals surface area contributed by atoms with Crippen LogP contribution in [-0.2, 0) is 11.3 Å². The molecule has 1 aliphatic rings. The summed E-state index contributed by atoms with van der Waals surface area (Å²) in [6, 6.07) is 7.35. The second-order valence-corrected chi connectivity index (χ2v) is 6.66. The van der Waals surface area contributed by atoms with Crippen LogP contribution in [0.25, 0.3) is 11.5 Å². The summed E-state index contributed by atoms with van der Waals surface area (Å²) in [5.41, 5.74) is 1.64. The Labute approximate surface area is 139 Å². The van der Waals surface area contributed by atoms with Gasteiger partial charge in [-0.25, -0.2) is 4.98 Å². The molecule has 6 heteroatoms. The first-order valence-electron chi connectivity index (χ1n) is 7.67. The first-order valence-corrected chi connectivity index (χ1v) is 8.04. The Bertz CT molecular complexity index is 701. The third-order valence-electron chi connectivity index (χ3n) is 4.09. The Morgan fingerprint density at radius 3 is 3.04 bits per heavy atom. The maximum absolute atomic E-state index is 11.2. The number of piperidine rings is 1. The molecule has 122 valence electrons. The largest absolute Gasteiger partial charge is 0.481 e. The first-order chi connectivity index (χ1) is 11.0. The number of carboxylic acid groups (broad SMARTS) is 1. The quantitative estimate of drug-likeness (QED) is 0.926. The number of benzene rings is 1. The molecule has 1 fully saturated rings. The molecule has 1 saturated heterocycles. The van der Waals surface area contributed by atoms with Crippen molar-refractivity contribution in [2.45, 2.75) is 19.9 Å². The van der Waals surface area contributed by atoms with E-state index in [9.17, 15) is 9.90 Å². The lowest BCUT2D eigenvalue weighted by Crippen LogP contribution is -2.42. The molecule has 0 bridgehead atoms. The number of aliphatic carboxylic acids is 1. The highest BCUT2D eigenvalue weighted by molar-refractivity contribution is 6.30. The predicted molar refractivity (Wildman–Crippen MR) is 87.1 cm³/mol. The zero-order valence-electron chi connectivity index (χ0n) is 12.9. The van der Waals surface area contributed by atoms with E-state index in [2.05, 4.69) is 16.8 Å². The van der Waals surface area contributed by atoms with E-state index in [1.165, 1.54) is 0 Å². The zero-order chi connectivity index (χ0) is 16.4. The highest BCUT2D eigenvalue weighted by atomic mass is 35.5. The van der Waals surface area contributed by atoms with Gasteiger partial charge in [0, 0.05) is 30.2 Å². The minimum absolute atomic E-state index is 0.307. The number of hydrogen-bond acceptors (Lipinski definition) is 4. The molecule has 3 rings (SSSR count). The average Bonchev–Trinajstić information content (AvgIpc) is 2.95. The van der Waals surface area contributed by atoms with Gasteiger partial charge in [0.2, 0.25) is 5.89 Å². The molecule has 0 spiro atoms. The van der Waals surface area contributed by atoms with Crippen LogP contribution in [0.5, 0.6) is 0 Å². The third kappa shape index (κ3) is 3.92. The standard InChI is InChI=1S/C17H19ClN2O3/c1-11-5-13(17(21)22)8-20(7-11)9-15-10-23-16(19-15)12-3-2-4-14(18)6-12/h2-4,6,10-11,13H,5,7-9H2,1H3,(H,21,22). The second-order valence-electron chi connectivity index (χ2n) is 6.22. The molecule has 1 aromatic heterocycles. The summed E-state index contributed by atoms with van der Waals surface area (Å²) in [5, 5.41) is 9.88. The molecule has 2 aromatic rings. The van der Waals surface area contributed by atoms with Gasteiger partial charge < -0.3 is 9.52 Å². The van der Waals surface area contributed by atoms with Crippen LogP contribution in [0.2, 0.25) is 5.02 Å². The van der Waals surface area contributed by atoms with Crippen molar-refractivity contribution in [1.82, 2.24) is 9.88 Å². The van der Waals surface area contributed by atoms with Crippen molar-refractivity contribution in [3.05, 3.63) is 41.2 Å². The molecule has 2 atom stereocenters. The van der Waals surface area contributed by atoms with Crippen LogP contribution in [0, 0.1) is 11.8 Å². The van der Waals surface area contributed by atoms with Crippen LogP contribution in [0.1, 0.15) is 19.0 Å². The van der Waals surface area contributed by atoms with Crippen molar-refractivity contribution < 1.29 is 14.3 Å². The van der Waals surface area contributed by atoms with Gasteiger partial charge in [0.05, 0.1) is 11.6 Å². The van der Waals surface area contributed by atoms with Gasteiger partial charge in [-0.3, -0.25) is 9.69 Å². The Balaban J connectivity index is 1.70. The van der Waals surface area contributed by atoms with Gasteiger partial charge in [0.1, 0.15) is 6.26 Å². The minimum atomic E-state index is -0.721. The van der Waals surface area contributed by atoms with E-state index in [1.807, 2.05) is 12.1 Å². The molecular weight excluding hydrogens is 316 g/mol. The number of likely N-dealkylation sites (tertiary alicyclic amines) is 1. The van der Waals surface area contributed by atoms with Gasteiger partial charge in [-0.15, -0.1) is 0 Å². The molecule has 0 amide bonds. The summed E-state index contributed by atoms with van der Waals surface area (Å²) in [6.07, 6.45) is 2.36. The lowest BCUT2D eigenvalue weighted by atomic mass is 9.90. The lowest BCUT2D eigenvalue weighted by molar-refractivity contribution is -0.144. The smallest absolute Gasteiger partial charge is 0.307 e. The van der Waals surface area contributed by atoms with E-state index in [0.717, 1.165) is 24.2 Å². The molecular formula is C17H19ClN2O3. The van der Waals surface area contributed by atoms with Gasteiger partial charge in [0.15, 0.2) is 0 Å². The summed E-state index contributed by atoms with van der Waals surface area (Å²) in [6.45, 7) is 4.11. The number of oxazole rings is 1. The highest BCUT2D eigenvalue weighted by Gasteiger charge is 2.29. The van der Waals surface area contributed by atoms with E-state index >= 15 is 0 Å². The zero-order valence-corrected chi connectivity index (χ0v) is 13.7. The SMILES string of the molecule is CC1CC(C(=O)O)CN(Cc2coc(-c3cccc(Cl)c3)n2)C1. The number of hydrogen-bond donors (Lipinski definition) is 1. The molecule has 1 N–H and O–H groups in total. The number of nitrogens with zero attached hydrogens (tertiary/aromatic N) is 2. The molecule has 5 nitrogen and oxygen atoms in total. The van der Waals surface area contributed by atoms with Gasteiger partial charge in [-0.2, -0.15) is 0 Å². The average molecular weight is 335 g/mol.